The van der Waals surface area contributed by atoms with Crippen LogP contribution in [0.2, 0.25) is 0 Å². The van der Waals surface area contributed by atoms with Crippen LogP contribution in [0.1, 0.15) is 59.6 Å². The standard InChI is InChI=1S/C24H28N2O4/c1-29-21-12-11-16(13-22(21)30-2)20(14-23(27)25-18-8-4-5-9-18)26-15-17-7-3-6-10-19(17)24(26)28/h3,6-7,10-13,18,20H,4-5,8-9,14-15H2,1-2H3,(H,25,27)/t20-/m0/s1. The molecule has 2 aliphatic rings. The SMILES string of the molecule is COc1ccc([C@H](CC(=O)NC2CCCC2)N2Cc3ccccc3C2=O)cc1OC. The molecule has 158 valence electrons. The molecule has 2 aromatic rings. The second-order valence-electron chi connectivity index (χ2n) is 7.97. The van der Waals surface area contributed by atoms with Gasteiger partial charge in [-0.1, -0.05) is 37.1 Å². The lowest BCUT2D eigenvalue weighted by Crippen LogP contribution is -2.37. The normalized spacial score (nSPS) is 17.0. The molecule has 0 spiro atoms. The third-order valence-corrected chi connectivity index (χ3v) is 6.12. The monoisotopic (exact) mass is 408 g/mol. The van der Waals surface area contributed by atoms with Crippen LogP contribution in [0.5, 0.6) is 11.5 Å². The summed E-state index contributed by atoms with van der Waals surface area (Å²) in [5.41, 5.74) is 2.55. The van der Waals surface area contributed by atoms with Crippen molar-refractivity contribution in [1.29, 1.82) is 0 Å². The van der Waals surface area contributed by atoms with Crippen molar-refractivity contribution in [2.75, 3.05) is 14.2 Å². The number of methoxy groups -OCH3 is 2. The molecule has 0 bridgehead atoms. The largest absolute Gasteiger partial charge is 0.493 e. The van der Waals surface area contributed by atoms with Gasteiger partial charge in [-0.05, 0) is 42.2 Å². The highest BCUT2D eigenvalue weighted by atomic mass is 16.5. The number of ether oxygens (including phenoxy) is 2. The number of carbonyl (C=O) groups is 2. The van der Waals surface area contributed by atoms with Crippen LogP contribution < -0.4 is 14.8 Å². The molecule has 0 saturated heterocycles. The van der Waals surface area contributed by atoms with Gasteiger partial charge in [-0.15, -0.1) is 0 Å². The third-order valence-electron chi connectivity index (χ3n) is 6.12. The summed E-state index contributed by atoms with van der Waals surface area (Å²) >= 11 is 0. The highest BCUT2D eigenvalue weighted by molar-refractivity contribution is 5.98. The van der Waals surface area contributed by atoms with Crippen molar-refractivity contribution in [2.24, 2.45) is 0 Å². The van der Waals surface area contributed by atoms with E-state index in [4.69, 9.17) is 9.47 Å². The fourth-order valence-electron chi connectivity index (χ4n) is 4.53. The Morgan fingerprint density at radius 1 is 1.10 bits per heavy atom. The Labute approximate surface area is 177 Å². The van der Waals surface area contributed by atoms with Crippen molar-refractivity contribution in [2.45, 2.75) is 50.7 Å². The van der Waals surface area contributed by atoms with Crippen LogP contribution in [-0.4, -0.2) is 37.0 Å². The van der Waals surface area contributed by atoms with Crippen molar-refractivity contribution in [3.8, 4) is 11.5 Å². The van der Waals surface area contributed by atoms with Crippen LogP contribution in [0.25, 0.3) is 0 Å². The van der Waals surface area contributed by atoms with Gasteiger partial charge in [0.2, 0.25) is 5.91 Å². The first-order valence-corrected chi connectivity index (χ1v) is 10.5. The molecule has 6 nitrogen and oxygen atoms in total. The van der Waals surface area contributed by atoms with Gasteiger partial charge >= 0.3 is 0 Å². The first-order valence-electron chi connectivity index (χ1n) is 10.5. The van der Waals surface area contributed by atoms with Crippen molar-refractivity contribution >= 4 is 11.8 Å². The first kappa shape index (κ1) is 20.3. The first-order chi connectivity index (χ1) is 14.6. The second-order valence-corrected chi connectivity index (χ2v) is 7.97. The quantitative estimate of drug-likeness (QED) is 0.756. The minimum Gasteiger partial charge on any atom is -0.493 e. The van der Waals surface area contributed by atoms with E-state index in [0.29, 0.717) is 23.6 Å². The zero-order valence-corrected chi connectivity index (χ0v) is 17.5. The van der Waals surface area contributed by atoms with Crippen molar-refractivity contribution < 1.29 is 19.1 Å². The number of amides is 2. The van der Waals surface area contributed by atoms with Gasteiger partial charge in [-0.3, -0.25) is 9.59 Å². The van der Waals surface area contributed by atoms with E-state index in [1.807, 2.05) is 42.5 Å². The molecule has 1 atom stereocenters. The van der Waals surface area contributed by atoms with E-state index in [0.717, 1.165) is 36.8 Å². The maximum Gasteiger partial charge on any atom is 0.255 e. The lowest BCUT2D eigenvalue weighted by molar-refractivity contribution is -0.122. The predicted molar refractivity (Wildman–Crippen MR) is 114 cm³/mol. The Hall–Kier alpha value is -3.02. The Morgan fingerprint density at radius 3 is 2.53 bits per heavy atom. The van der Waals surface area contributed by atoms with Gasteiger partial charge in [0.1, 0.15) is 0 Å². The van der Waals surface area contributed by atoms with E-state index in [9.17, 15) is 9.59 Å². The third kappa shape index (κ3) is 3.99. The maximum atomic E-state index is 13.2. The molecule has 1 fully saturated rings. The van der Waals surface area contributed by atoms with Crippen molar-refractivity contribution in [3.63, 3.8) is 0 Å². The average molecular weight is 408 g/mol. The number of fused-ring (bicyclic) bond motifs is 1. The molecule has 1 aliphatic carbocycles. The molecule has 1 saturated carbocycles. The zero-order chi connectivity index (χ0) is 21.1. The van der Waals surface area contributed by atoms with Crippen molar-refractivity contribution in [3.05, 3.63) is 59.2 Å². The Kier molecular flexibility index (Phi) is 5.93. The van der Waals surface area contributed by atoms with E-state index in [-0.39, 0.29) is 30.3 Å². The molecule has 1 aliphatic heterocycles. The molecule has 0 aromatic heterocycles. The van der Waals surface area contributed by atoms with Crippen LogP contribution in [0, 0.1) is 0 Å². The Morgan fingerprint density at radius 2 is 1.83 bits per heavy atom. The summed E-state index contributed by atoms with van der Waals surface area (Å²) in [7, 11) is 3.17. The van der Waals surface area contributed by atoms with Gasteiger partial charge < -0.3 is 19.7 Å². The van der Waals surface area contributed by atoms with Gasteiger partial charge in [0.25, 0.3) is 5.91 Å². The predicted octanol–water partition coefficient (Wildman–Crippen LogP) is 3.85. The Bertz CT molecular complexity index is 937. The maximum absolute atomic E-state index is 13.2. The highest BCUT2D eigenvalue weighted by Crippen LogP contribution is 2.37. The van der Waals surface area contributed by atoms with E-state index >= 15 is 0 Å². The van der Waals surface area contributed by atoms with Gasteiger partial charge in [0, 0.05) is 18.2 Å². The fraction of sp³-hybridized carbons (Fsp3) is 0.417. The van der Waals surface area contributed by atoms with Gasteiger partial charge in [0.05, 0.1) is 26.7 Å². The van der Waals surface area contributed by atoms with Crippen LogP contribution in [0.3, 0.4) is 0 Å². The van der Waals surface area contributed by atoms with Crippen LogP contribution in [0.15, 0.2) is 42.5 Å². The molecule has 30 heavy (non-hydrogen) atoms. The van der Waals surface area contributed by atoms with Crippen LogP contribution in [-0.2, 0) is 11.3 Å². The number of benzene rings is 2. The molecule has 0 unspecified atom stereocenters. The minimum absolute atomic E-state index is 0.0227. The molecule has 4 rings (SSSR count). The van der Waals surface area contributed by atoms with E-state index in [2.05, 4.69) is 5.32 Å². The van der Waals surface area contributed by atoms with Crippen molar-refractivity contribution in [1.82, 2.24) is 10.2 Å². The summed E-state index contributed by atoms with van der Waals surface area (Å²) in [6.07, 6.45) is 4.58. The summed E-state index contributed by atoms with van der Waals surface area (Å²) in [5, 5.41) is 3.16. The summed E-state index contributed by atoms with van der Waals surface area (Å²) < 4.78 is 10.8. The van der Waals surface area contributed by atoms with E-state index in [1.165, 1.54) is 0 Å². The molecule has 0 radical (unpaired) electrons. The zero-order valence-electron chi connectivity index (χ0n) is 17.5. The molecular weight excluding hydrogens is 380 g/mol. The molecule has 2 amide bonds. The molecule has 1 N–H and O–H groups in total. The van der Waals surface area contributed by atoms with E-state index < -0.39 is 0 Å². The number of rotatable bonds is 7. The number of nitrogens with zero attached hydrogens (tertiary/aromatic N) is 1. The Balaban J connectivity index is 1.63. The molecule has 6 heteroatoms. The second kappa shape index (κ2) is 8.78. The van der Waals surface area contributed by atoms with Crippen LogP contribution in [0.4, 0.5) is 0 Å². The highest BCUT2D eigenvalue weighted by Gasteiger charge is 2.35. The fourth-order valence-corrected chi connectivity index (χ4v) is 4.53. The number of nitrogens with one attached hydrogen (secondary N) is 1. The lowest BCUT2D eigenvalue weighted by Gasteiger charge is -2.29. The minimum atomic E-state index is -0.383. The van der Waals surface area contributed by atoms with Gasteiger partial charge in [-0.25, -0.2) is 0 Å². The van der Waals surface area contributed by atoms with Crippen LogP contribution >= 0.6 is 0 Å². The number of hydrogen-bond acceptors (Lipinski definition) is 4. The van der Waals surface area contributed by atoms with Gasteiger partial charge in [0.15, 0.2) is 11.5 Å². The molecular formula is C24H28N2O4. The average Bonchev–Trinajstić information content (AvgIpc) is 3.39. The number of hydrogen-bond donors (Lipinski definition) is 1. The van der Waals surface area contributed by atoms with Gasteiger partial charge in [-0.2, -0.15) is 0 Å². The summed E-state index contributed by atoms with van der Waals surface area (Å²) in [4.78, 5) is 27.8. The molecule has 1 heterocycles. The summed E-state index contributed by atoms with van der Waals surface area (Å²) in [5.74, 6) is 1.14. The summed E-state index contributed by atoms with van der Waals surface area (Å²) in [6, 6.07) is 13.1. The smallest absolute Gasteiger partial charge is 0.255 e. The summed E-state index contributed by atoms with van der Waals surface area (Å²) in [6.45, 7) is 0.491. The van der Waals surface area contributed by atoms with E-state index in [1.54, 1.807) is 19.1 Å². The molecule has 2 aromatic carbocycles. The lowest BCUT2D eigenvalue weighted by atomic mass is 10.0. The topological polar surface area (TPSA) is 67.9 Å². The number of carbonyl (C=O) groups excluding carboxylic acids is 2.